The van der Waals surface area contributed by atoms with Crippen molar-refractivity contribution in [2.24, 2.45) is 0 Å². The summed E-state index contributed by atoms with van der Waals surface area (Å²) in [5, 5.41) is 19.9. The van der Waals surface area contributed by atoms with Crippen LogP contribution >= 0.6 is 0 Å². The van der Waals surface area contributed by atoms with E-state index in [9.17, 15) is 18.2 Å². The van der Waals surface area contributed by atoms with Crippen molar-refractivity contribution < 1.29 is 13.0 Å². The summed E-state index contributed by atoms with van der Waals surface area (Å²) in [5.41, 5.74) is -0.112. The average molecular weight is 311 g/mol. The fourth-order valence-corrected chi connectivity index (χ4v) is 3.19. The highest BCUT2D eigenvalue weighted by atomic mass is 32.2. The van der Waals surface area contributed by atoms with Gasteiger partial charge >= 0.3 is 6.04 Å². The maximum Gasteiger partial charge on any atom is 0.346 e. The van der Waals surface area contributed by atoms with Crippen LogP contribution in [-0.4, -0.2) is 19.0 Å². The third kappa shape index (κ3) is 2.17. The lowest BCUT2D eigenvalue weighted by molar-refractivity contribution is 0.449. The van der Waals surface area contributed by atoms with Crippen molar-refractivity contribution in [2.45, 2.75) is 10.8 Å². The molecule has 0 fully saturated rings. The lowest BCUT2D eigenvalue weighted by Gasteiger charge is -2.21. The Morgan fingerprint density at radius 2 is 1.82 bits per heavy atom. The summed E-state index contributed by atoms with van der Waals surface area (Å²) in [6.45, 7) is 6.99. The molecule has 0 aliphatic rings. The van der Waals surface area contributed by atoms with Crippen LogP contribution in [0.1, 0.15) is 5.56 Å². The fraction of sp³-hybridized carbons (Fsp3) is 0.133. The molecule has 0 saturated carbocycles. The quantitative estimate of drug-likeness (QED) is 0.691. The molecule has 7 heteroatoms. The fourth-order valence-electron chi connectivity index (χ4n) is 2.26. The van der Waals surface area contributed by atoms with E-state index in [1.807, 2.05) is 0 Å². The summed E-state index contributed by atoms with van der Waals surface area (Å²) in [6.07, 6.45) is 0. The Hall–Kier alpha value is -2.92. The molecule has 2 aromatic carbocycles. The number of hydrogen-bond donors (Lipinski definition) is 1. The maximum atomic E-state index is 11.8. The molecule has 0 radical (unpaired) electrons. The molecule has 2 aromatic rings. The summed E-state index contributed by atoms with van der Waals surface area (Å²) in [4.78, 5) is 2.90. The van der Waals surface area contributed by atoms with E-state index in [1.165, 1.54) is 24.3 Å². The van der Waals surface area contributed by atoms with Crippen molar-refractivity contribution in [3.63, 3.8) is 0 Å². The third-order valence-electron chi connectivity index (χ3n) is 3.39. The normalized spacial score (nSPS) is 15.0. The molecule has 0 spiro atoms. The van der Waals surface area contributed by atoms with Crippen LogP contribution in [0.15, 0.2) is 42.5 Å². The number of fused-ring (bicyclic) bond motifs is 1. The molecule has 2 rings (SSSR count). The number of benzene rings is 2. The van der Waals surface area contributed by atoms with Crippen LogP contribution < -0.4 is 0 Å². The largest absolute Gasteiger partial charge is 0.346 e. The van der Waals surface area contributed by atoms with Crippen LogP contribution in [0.5, 0.6) is 0 Å². The van der Waals surface area contributed by atoms with E-state index in [1.54, 1.807) is 30.3 Å². The molecule has 2 unspecified atom stereocenters. The number of rotatable bonds is 3. The van der Waals surface area contributed by atoms with Crippen LogP contribution in [0.3, 0.4) is 0 Å². The zero-order chi connectivity index (χ0) is 16.4. The van der Waals surface area contributed by atoms with E-state index in [0.717, 1.165) is 5.39 Å². The van der Waals surface area contributed by atoms with Crippen LogP contribution in [-0.2, 0) is 14.9 Å². The molecule has 0 aromatic heterocycles. The molecule has 108 valence electrons. The molecule has 22 heavy (non-hydrogen) atoms. The first kappa shape index (κ1) is 15.5. The van der Waals surface area contributed by atoms with Crippen LogP contribution in [0.2, 0.25) is 0 Å². The van der Waals surface area contributed by atoms with Gasteiger partial charge in [0, 0.05) is 0 Å². The predicted molar refractivity (Wildman–Crippen MR) is 78.8 cm³/mol. The molecule has 1 N–H and O–H groups in total. The van der Waals surface area contributed by atoms with E-state index in [0.29, 0.717) is 5.39 Å². The van der Waals surface area contributed by atoms with Gasteiger partial charge in [-0.05, 0) is 22.4 Å². The van der Waals surface area contributed by atoms with Crippen molar-refractivity contribution in [1.29, 1.82) is 10.5 Å². The second kappa shape index (κ2) is 5.46. The van der Waals surface area contributed by atoms with Gasteiger partial charge in [-0.1, -0.05) is 36.4 Å². The van der Waals surface area contributed by atoms with Gasteiger partial charge in [-0.25, -0.2) is 6.57 Å². The van der Waals surface area contributed by atoms with Gasteiger partial charge in [-0.3, -0.25) is 9.40 Å². The Balaban J connectivity index is 2.87. The summed E-state index contributed by atoms with van der Waals surface area (Å²) in [5.74, 6) is 0. The summed E-state index contributed by atoms with van der Waals surface area (Å²) >= 11 is 0. The Kier molecular flexibility index (Phi) is 3.84. The summed E-state index contributed by atoms with van der Waals surface area (Å²) in [6, 6.07) is 12.4. The SMILES string of the molecule is [C-]#[N+]C(C#N)C(C#N)(c1ccc2ccccc2c1)S(=O)(=O)O. The second-order valence-electron chi connectivity index (χ2n) is 4.55. The lowest BCUT2D eigenvalue weighted by Crippen LogP contribution is -2.43. The first-order chi connectivity index (χ1) is 10.4. The Labute approximate surface area is 127 Å². The van der Waals surface area contributed by atoms with Gasteiger partial charge in [0.05, 0.1) is 0 Å². The standard InChI is InChI=1S/C15H9N3O3S/c1-18-14(9-16)15(10-17,22(19,20)21)13-7-6-11-4-2-3-5-12(11)8-13/h2-8,14H,(H,19,20,21). The van der Waals surface area contributed by atoms with E-state index in [2.05, 4.69) is 4.85 Å². The highest BCUT2D eigenvalue weighted by Crippen LogP contribution is 2.36. The van der Waals surface area contributed by atoms with Gasteiger partial charge in [-0.2, -0.15) is 18.9 Å². The zero-order valence-electron chi connectivity index (χ0n) is 11.1. The zero-order valence-corrected chi connectivity index (χ0v) is 11.9. The van der Waals surface area contributed by atoms with Crippen molar-refractivity contribution >= 4 is 20.9 Å². The Bertz CT molecular complexity index is 950. The maximum absolute atomic E-state index is 11.8. The molecule has 0 aliphatic carbocycles. The van der Waals surface area contributed by atoms with Crippen molar-refractivity contribution in [3.8, 4) is 12.1 Å². The lowest BCUT2D eigenvalue weighted by atomic mass is 9.91. The number of nitriles is 2. The minimum Gasteiger partial charge on any atom is -0.294 e. The minimum atomic E-state index is -5.02. The van der Waals surface area contributed by atoms with Crippen molar-refractivity contribution in [1.82, 2.24) is 0 Å². The first-order valence-corrected chi connectivity index (χ1v) is 7.48. The smallest absolute Gasteiger partial charge is 0.294 e. The van der Waals surface area contributed by atoms with Gasteiger partial charge < -0.3 is 0 Å². The van der Waals surface area contributed by atoms with E-state index in [-0.39, 0.29) is 5.56 Å². The number of hydrogen-bond acceptors (Lipinski definition) is 4. The monoisotopic (exact) mass is 311 g/mol. The summed E-state index contributed by atoms with van der Waals surface area (Å²) in [7, 11) is -5.02. The molecular formula is C15H9N3O3S. The van der Waals surface area contributed by atoms with E-state index < -0.39 is 20.9 Å². The Morgan fingerprint density at radius 1 is 1.18 bits per heavy atom. The summed E-state index contributed by atoms with van der Waals surface area (Å²) < 4.78 is 30.5. The molecule has 6 nitrogen and oxygen atoms in total. The van der Waals surface area contributed by atoms with Crippen LogP contribution in [0, 0.1) is 29.2 Å². The van der Waals surface area contributed by atoms with Crippen LogP contribution in [0.4, 0.5) is 0 Å². The molecule has 0 amide bonds. The van der Waals surface area contributed by atoms with Crippen molar-refractivity contribution in [3.05, 3.63) is 59.4 Å². The van der Waals surface area contributed by atoms with E-state index in [4.69, 9.17) is 11.8 Å². The molecule has 0 heterocycles. The van der Waals surface area contributed by atoms with Crippen LogP contribution in [0.25, 0.3) is 15.6 Å². The predicted octanol–water partition coefficient (Wildman–Crippen LogP) is 2.26. The topological polar surface area (TPSA) is 106 Å². The molecule has 0 aliphatic heterocycles. The van der Waals surface area contributed by atoms with E-state index >= 15 is 0 Å². The molecule has 0 bridgehead atoms. The molecular weight excluding hydrogens is 302 g/mol. The van der Waals surface area contributed by atoms with Gasteiger partial charge in [0.15, 0.2) is 6.07 Å². The van der Waals surface area contributed by atoms with Gasteiger partial charge in [-0.15, -0.1) is 0 Å². The third-order valence-corrected chi connectivity index (χ3v) is 4.75. The van der Waals surface area contributed by atoms with Gasteiger partial charge in [0.25, 0.3) is 14.9 Å². The highest BCUT2D eigenvalue weighted by molar-refractivity contribution is 7.87. The molecule has 0 saturated heterocycles. The first-order valence-electron chi connectivity index (χ1n) is 6.04. The Morgan fingerprint density at radius 3 is 2.32 bits per heavy atom. The van der Waals surface area contributed by atoms with Crippen molar-refractivity contribution in [2.75, 3.05) is 0 Å². The minimum absolute atomic E-state index is 0.112. The number of nitrogens with zero attached hydrogens (tertiary/aromatic N) is 3. The van der Waals surface area contributed by atoms with Gasteiger partial charge in [0.2, 0.25) is 0 Å². The molecule has 2 atom stereocenters. The van der Waals surface area contributed by atoms with Gasteiger partial charge in [0.1, 0.15) is 6.07 Å². The highest BCUT2D eigenvalue weighted by Gasteiger charge is 2.58. The second-order valence-corrected chi connectivity index (χ2v) is 6.14. The average Bonchev–Trinajstić information content (AvgIpc) is 2.50.